The fourth-order valence-electron chi connectivity index (χ4n) is 4.92. The highest BCUT2D eigenvalue weighted by molar-refractivity contribution is 6.14. The highest BCUT2D eigenvalue weighted by atomic mass is 16.1. The minimum Gasteiger partial charge on any atom is -0.378 e. The quantitative estimate of drug-likeness (QED) is 0.113. The van der Waals surface area contributed by atoms with Crippen LogP contribution in [0.15, 0.2) is 66.7 Å². The molecule has 192 valence electrons. The average Bonchev–Trinajstić information content (AvgIpc) is 3.21. The van der Waals surface area contributed by atoms with Gasteiger partial charge in [-0.15, -0.1) is 0 Å². The molecule has 0 radical (unpaired) electrons. The molecule has 0 bridgehead atoms. The number of aryl methyl sites for hydroxylation is 1. The van der Waals surface area contributed by atoms with Crippen molar-refractivity contribution >= 4 is 45.1 Å². The molecule has 0 fully saturated rings. The summed E-state index contributed by atoms with van der Waals surface area (Å²) in [5, 5.41) is 2.06. The van der Waals surface area contributed by atoms with E-state index in [9.17, 15) is 9.59 Å². The van der Waals surface area contributed by atoms with Crippen molar-refractivity contribution in [2.45, 2.75) is 58.9 Å². The van der Waals surface area contributed by atoms with Crippen molar-refractivity contribution in [3.8, 4) is 0 Å². The van der Waals surface area contributed by atoms with Crippen LogP contribution in [0.3, 0.4) is 0 Å². The molecule has 0 unspecified atom stereocenters. The Labute approximate surface area is 220 Å². The largest absolute Gasteiger partial charge is 0.378 e. The maximum absolute atomic E-state index is 13.1. The van der Waals surface area contributed by atoms with Gasteiger partial charge < -0.3 is 9.47 Å². The van der Waals surface area contributed by atoms with Crippen LogP contribution in [0.2, 0.25) is 0 Å². The first kappa shape index (κ1) is 26.4. The summed E-state index contributed by atoms with van der Waals surface area (Å²) in [5.74, 6) is 0.0207. The maximum atomic E-state index is 13.1. The van der Waals surface area contributed by atoms with Crippen LogP contribution >= 0.6 is 0 Å². The second-order valence-corrected chi connectivity index (χ2v) is 10.1. The van der Waals surface area contributed by atoms with E-state index in [1.807, 2.05) is 73.6 Å². The number of hydrogen-bond acceptors (Lipinski definition) is 3. The zero-order valence-electron chi connectivity index (χ0n) is 22.6. The molecule has 0 aliphatic carbocycles. The molecule has 4 aromatic rings. The number of Topliss-reactive ketones (excluding diaryl/α,β-unsaturated/α-hetero) is 1. The van der Waals surface area contributed by atoms with E-state index in [1.165, 1.54) is 32.1 Å². The third-order valence-corrected chi connectivity index (χ3v) is 7.13. The van der Waals surface area contributed by atoms with Gasteiger partial charge in [-0.05, 0) is 73.5 Å². The van der Waals surface area contributed by atoms with Crippen molar-refractivity contribution in [3.63, 3.8) is 0 Å². The standard InChI is InChI=1S/C33H38N2O2/c1-5-6-7-8-9-10-21-35-31-18-14-26(24(2)36)22-29(31)30-23-27(15-19-32(30)35)33(37)20-13-25-11-16-28(17-12-25)34(3)4/h11-20,22-23H,5-10,21H2,1-4H3/b20-13+. The van der Waals surface area contributed by atoms with Crippen molar-refractivity contribution < 1.29 is 9.59 Å². The van der Waals surface area contributed by atoms with Crippen LogP contribution in [-0.2, 0) is 6.54 Å². The molecule has 4 nitrogen and oxygen atoms in total. The number of benzene rings is 3. The number of rotatable bonds is 12. The van der Waals surface area contributed by atoms with E-state index < -0.39 is 0 Å². The molecule has 4 rings (SSSR count). The second kappa shape index (κ2) is 12.1. The van der Waals surface area contributed by atoms with E-state index >= 15 is 0 Å². The molecule has 0 atom stereocenters. The van der Waals surface area contributed by atoms with Crippen molar-refractivity contribution in [1.82, 2.24) is 4.57 Å². The fraction of sp³-hybridized carbons (Fsp3) is 0.333. The smallest absolute Gasteiger partial charge is 0.185 e. The summed E-state index contributed by atoms with van der Waals surface area (Å²) >= 11 is 0. The van der Waals surface area contributed by atoms with Crippen LogP contribution in [0.4, 0.5) is 5.69 Å². The molecular formula is C33H38N2O2. The van der Waals surface area contributed by atoms with Crippen LogP contribution in [-0.4, -0.2) is 30.2 Å². The molecule has 37 heavy (non-hydrogen) atoms. The van der Waals surface area contributed by atoms with Crippen LogP contribution in [0.5, 0.6) is 0 Å². The van der Waals surface area contributed by atoms with Gasteiger partial charge in [-0.1, -0.05) is 57.2 Å². The molecule has 0 saturated heterocycles. The third-order valence-electron chi connectivity index (χ3n) is 7.13. The Morgan fingerprint density at radius 3 is 2.00 bits per heavy atom. The molecule has 4 heteroatoms. The lowest BCUT2D eigenvalue weighted by Crippen LogP contribution is -2.07. The van der Waals surface area contributed by atoms with E-state index in [4.69, 9.17) is 0 Å². The molecule has 1 heterocycles. The third kappa shape index (κ3) is 6.19. The van der Waals surface area contributed by atoms with E-state index in [0.717, 1.165) is 46.0 Å². The lowest BCUT2D eigenvalue weighted by atomic mass is 10.0. The summed E-state index contributed by atoms with van der Waals surface area (Å²) in [4.78, 5) is 27.3. The summed E-state index contributed by atoms with van der Waals surface area (Å²) in [6.45, 7) is 4.77. The van der Waals surface area contributed by atoms with Crippen LogP contribution in [0.25, 0.3) is 27.9 Å². The van der Waals surface area contributed by atoms with E-state index in [-0.39, 0.29) is 11.6 Å². The summed E-state index contributed by atoms with van der Waals surface area (Å²) in [7, 11) is 4.02. The molecule has 0 N–H and O–H groups in total. The number of hydrogen-bond donors (Lipinski definition) is 0. The van der Waals surface area contributed by atoms with Gasteiger partial charge in [0.1, 0.15) is 0 Å². The fourth-order valence-corrected chi connectivity index (χ4v) is 4.92. The Bertz CT molecular complexity index is 1420. The van der Waals surface area contributed by atoms with Gasteiger partial charge in [-0.3, -0.25) is 9.59 Å². The van der Waals surface area contributed by atoms with Gasteiger partial charge in [0.05, 0.1) is 0 Å². The van der Waals surface area contributed by atoms with Crippen LogP contribution in [0, 0.1) is 0 Å². The van der Waals surface area contributed by atoms with Gasteiger partial charge in [0, 0.05) is 59.3 Å². The number of fused-ring (bicyclic) bond motifs is 3. The first-order valence-electron chi connectivity index (χ1n) is 13.5. The molecule has 0 amide bonds. The van der Waals surface area contributed by atoms with E-state index in [0.29, 0.717) is 11.1 Å². The lowest BCUT2D eigenvalue weighted by molar-refractivity contribution is 0.101. The number of carbonyl (C=O) groups excluding carboxylic acids is 2. The van der Waals surface area contributed by atoms with Gasteiger partial charge in [0.15, 0.2) is 11.6 Å². The monoisotopic (exact) mass is 494 g/mol. The number of nitrogens with zero attached hydrogens (tertiary/aromatic N) is 2. The number of carbonyl (C=O) groups is 2. The molecule has 0 aliphatic rings. The first-order chi connectivity index (χ1) is 17.9. The van der Waals surface area contributed by atoms with Gasteiger partial charge in [-0.2, -0.15) is 0 Å². The summed E-state index contributed by atoms with van der Waals surface area (Å²) < 4.78 is 2.35. The van der Waals surface area contributed by atoms with Crippen LogP contribution in [0.1, 0.15) is 78.7 Å². The van der Waals surface area contributed by atoms with Gasteiger partial charge in [0.2, 0.25) is 0 Å². The topological polar surface area (TPSA) is 42.3 Å². The summed E-state index contributed by atoms with van der Waals surface area (Å²) in [6, 6.07) is 20.0. The highest BCUT2D eigenvalue weighted by Crippen LogP contribution is 2.32. The minimum absolute atomic E-state index is 0.0295. The predicted octanol–water partition coefficient (Wildman–Crippen LogP) is 8.32. The molecule has 0 saturated carbocycles. The molecule has 0 aliphatic heterocycles. The average molecular weight is 495 g/mol. The maximum Gasteiger partial charge on any atom is 0.185 e. The van der Waals surface area contributed by atoms with Crippen molar-refractivity contribution in [2.24, 2.45) is 0 Å². The van der Waals surface area contributed by atoms with E-state index in [2.05, 4.69) is 23.6 Å². The Morgan fingerprint density at radius 2 is 1.38 bits per heavy atom. The highest BCUT2D eigenvalue weighted by Gasteiger charge is 2.14. The van der Waals surface area contributed by atoms with Gasteiger partial charge >= 0.3 is 0 Å². The van der Waals surface area contributed by atoms with Crippen LogP contribution < -0.4 is 4.90 Å². The Kier molecular flexibility index (Phi) is 8.60. The number of unbranched alkanes of at least 4 members (excludes halogenated alkanes) is 5. The summed E-state index contributed by atoms with van der Waals surface area (Å²) in [5.41, 5.74) is 5.70. The molecule has 1 aromatic heterocycles. The Morgan fingerprint density at radius 1 is 0.784 bits per heavy atom. The predicted molar refractivity (Wildman–Crippen MR) is 157 cm³/mol. The minimum atomic E-state index is -0.0295. The van der Waals surface area contributed by atoms with Crippen molar-refractivity contribution in [1.29, 1.82) is 0 Å². The second-order valence-electron chi connectivity index (χ2n) is 10.1. The number of ketones is 2. The van der Waals surface area contributed by atoms with E-state index in [1.54, 1.807) is 13.0 Å². The normalized spacial score (nSPS) is 11.6. The zero-order chi connectivity index (χ0) is 26.4. The molecule has 3 aromatic carbocycles. The number of anilines is 1. The zero-order valence-corrected chi connectivity index (χ0v) is 22.6. The number of aromatic nitrogens is 1. The Hall–Kier alpha value is -3.66. The van der Waals surface area contributed by atoms with Gasteiger partial charge in [0.25, 0.3) is 0 Å². The first-order valence-corrected chi connectivity index (χ1v) is 13.5. The molecule has 0 spiro atoms. The lowest BCUT2D eigenvalue weighted by Gasteiger charge is -2.11. The Balaban J connectivity index is 1.63. The van der Waals surface area contributed by atoms with Gasteiger partial charge in [-0.25, -0.2) is 0 Å². The number of allylic oxidation sites excluding steroid dienone is 1. The van der Waals surface area contributed by atoms with Crippen molar-refractivity contribution in [2.75, 3.05) is 19.0 Å². The summed E-state index contributed by atoms with van der Waals surface area (Å²) in [6.07, 6.45) is 11.0. The SMILES string of the molecule is CCCCCCCCn1c2ccc(C(C)=O)cc2c2cc(C(=O)/C=C/c3ccc(N(C)C)cc3)ccc21. The molecular weight excluding hydrogens is 456 g/mol. The van der Waals surface area contributed by atoms with Crippen molar-refractivity contribution in [3.05, 3.63) is 83.4 Å².